The normalized spacial score (nSPS) is 10.5. The maximum atomic E-state index is 12.0. The quantitative estimate of drug-likeness (QED) is 0.694. The molecule has 1 amide bonds. The van der Waals surface area contributed by atoms with Crippen LogP contribution in [0.1, 0.15) is 5.69 Å². The van der Waals surface area contributed by atoms with E-state index in [2.05, 4.69) is 20.7 Å². The lowest BCUT2D eigenvalue weighted by molar-refractivity contribution is -0.116. The Balaban J connectivity index is 1.54. The van der Waals surface area contributed by atoms with Gasteiger partial charge in [-0.2, -0.15) is 5.10 Å². The van der Waals surface area contributed by atoms with Crippen LogP contribution >= 0.6 is 0 Å². The number of hydrogen-bond acceptors (Lipinski definition) is 6. The van der Waals surface area contributed by atoms with Crippen LogP contribution in [0.25, 0.3) is 0 Å². The van der Waals surface area contributed by atoms with Gasteiger partial charge in [0.2, 0.25) is 5.91 Å². The third kappa shape index (κ3) is 4.34. The predicted octanol–water partition coefficient (Wildman–Crippen LogP) is 1.24. The zero-order valence-electron chi connectivity index (χ0n) is 13.9. The van der Waals surface area contributed by atoms with E-state index in [4.69, 9.17) is 9.47 Å². The molecule has 2 aromatic heterocycles. The maximum Gasteiger partial charge on any atom is 0.246 e. The number of methoxy groups -OCH3 is 1. The summed E-state index contributed by atoms with van der Waals surface area (Å²) < 4.78 is 14.0. The van der Waals surface area contributed by atoms with Gasteiger partial charge in [0.1, 0.15) is 18.8 Å². The Morgan fingerprint density at radius 1 is 1.24 bits per heavy atom. The number of hydrogen-bond donors (Lipinski definition) is 1. The van der Waals surface area contributed by atoms with E-state index in [1.807, 2.05) is 24.3 Å². The van der Waals surface area contributed by atoms with Crippen LogP contribution in [0.4, 0.5) is 5.69 Å². The number of nitrogens with one attached hydrogen (secondary N) is 1. The summed E-state index contributed by atoms with van der Waals surface area (Å²) in [5, 5.41) is 14.7. The van der Waals surface area contributed by atoms with Crippen LogP contribution in [0.2, 0.25) is 0 Å². The molecule has 3 aromatic rings. The highest BCUT2D eigenvalue weighted by atomic mass is 16.5. The molecular formula is C16H18N6O3. The van der Waals surface area contributed by atoms with Crippen molar-refractivity contribution in [1.82, 2.24) is 24.8 Å². The summed E-state index contributed by atoms with van der Waals surface area (Å²) >= 11 is 0. The zero-order chi connectivity index (χ0) is 17.6. The summed E-state index contributed by atoms with van der Waals surface area (Å²) in [6, 6.07) is 7.35. The van der Waals surface area contributed by atoms with Crippen LogP contribution in [-0.4, -0.2) is 37.8 Å². The van der Waals surface area contributed by atoms with E-state index < -0.39 is 0 Å². The van der Waals surface area contributed by atoms with Gasteiger partial charge in [0.25, 0.3) is 0 Å². The lowest BCUT2D eigenvalue weighted by Crippen LogP contribution is -2.18. The predicted molar refractivity (Wildman–Crippen MR) is 89.2 cm³/mol. The standard InChI is InChI=1S/C16H18N6O3/c1-21-8-12(7-17-21)18-16(23)10-22-9-13(19-20-22)11-25-15-6-4-3-5-14(15)24-2/h3-9H,10-11H2,1-2H3,(H,18,23). The Morgan fingerprint density at radius 3 is 2.76 bits per heavy atom. The van der Waals surface area contributed by atoms with E-state index in [1.165, 1.54) is 4.68 Å². The number of nitrogens with zero attached hydrogens (tertiary/aromatic N) is 5. The molecule has 0 saturated carbocycles. The van der Waals surface area contributed by atoms with Gasteiger partial charge in [-0.1, -0.05) is 17.3 Å². The number of carbonyl (C=O) groups is 1. The lowest BCUT2D eigenvalue weighted by Gasteiger charge is -2.08. The van der Waals surface area contributed by atoms with Crippen LogP contribution in [0.15, 0.2) is 42.9 Å². The molecule has 0 saturated heterocycles. The molecule has 130 valence electrons. The number of carbonyl (C=O) groups excluding carboxylic acids is 1. The zero-order valence-corrected chi connectivity index (χ0v) is 13.9. The number of ether oxygens (including phenoxy) is 2. The van der Waals surface area contributed by atoms with Gasteiger partial charge in [0.15, 0.2) is 11.5 Å². The van der Waals surface area contributed by atoms with Crippen molar-refractivity contribution < 1.29 is 14.3 Å². The molecule has 1 N–H and O–H groups in total. The molecule has 3 rings (SSSR count). The average molecular weight is 342 g/mol. The first-order valence-corrected chi connectivity index (χ1v) is 7.57. The molecule has 0 unspecified atom stereocenters. The summed E-state index contributed by atoms with van der Waals surface area (Å²) in [4.78, 5) is 12.0. The number of aryl methyl sites for hydroxylation is 1. The highest BCUT2D eigenvalue weighted by Gasteiger charge is 2.09. The third-order valence-electron chi connectivity index (χ3n) is 3.32. The Hall–Kier alpha value is -3.36. The fourth-order valence-corrected chi connectivity index (χ4v) is 2.21. The molecule has 0 aliphatic heterocycles. The fraction of sp³-hybridized carbons (Fsp3) is 0.250. The molecule has 0 aliphatic carbocycles. The highest BCUT2D eigenvalue weighted by Crippen LogP contribution is 2.26. The number of anilines is 1. The van der Waals surface area contributed by atoms with Crippen molar-refractivity contribution in [2.75, 3.05) is 12.4 Å². The molecule has 0 fully saturated rings. The first-order chi connectivity index (χ1) is 12.1. The van der Waals surface area contributed by atoms with Gasteiger partial charge < -0.3 is 14.8 Å². The molecular weight excluding hydrogens is 324 g/mol. The smallest absolute Gasteiger partial charge is 0.246 e. The van der Waals surface area contributed by atoms with Crippen molar-refractivity contribution in [3.05, 3.63) is 48.5 Å². The molecule has 0 atom stereocenters. The van der Waals surface area contributed by atoms with Crippen LogP contribution < -0.4 is 14.8 Å². The second-order valence-electron chi connectivity index (χ2n) is 5.30. The van der Waals surface area contributed by atoms with Gasteiger partial charge in [0, 0.05) is 13.2 Å². The SMILES string of the molecule is COc1ccccc1OCc1cn(CC(=O)Nc2cnn(C)c2)nn1. The van der Waals surface area contributed by atoms with Gasteiger partial charge in [-0.15, -0.1) is 5.10 Å². The topological polar surface area (TPSA) is 96.1 Å². The van der Waals surface area contributed by atoms with E-state index in [0.29, 0.717) is 22.9 Å². The Kier molecular flexibility index (Phi) is 4.93. The molecule has 9 heteroatoms. The van der Waals surface area contributed by atoms with Crippen molar-refractivity contribution in [2.45, 2.75) is 13.2 Å². The largest absolute Gasteiger partial charge is 0.493 e. The minimum absolute atomic E-state index is 0.0521. The van der Waals surface area contributed by atoms with Crippen molar-refractivity contribution in [3.63, 3.8) is 0 Å². The van der Waals surface area contributed by atoms with E-state index in [9.17, 15) is 4.79 Å². The van der Waals surface area contributed by atoms with Gasteiger partial charge in [-0.05, 0) is 12.1 Å². The molecule has 0 bridgehead atoms. The van der Waals surface area contributed by atoms with Crippen molar-refractivity contribution >= 4 is 11.6 Å². The number of aromatic nitrogens is 5. The Bertz CT molecular complexity index is 857. The van der Waals surface area contributed by atoms with Gasteiger partial charge in [-0.25, -0.2) is 4.68 Å². The van der Waals surface area contributed by atoms with Crippen LogP contribution in [0.5, 0.6) is 11.5 Å². The molecule has 0 radical (unpaired) electrons. The van der Waals surface area contributed by atoms with Gasteiger partial charge in [-0.3, -0.25) is 9.48 Å². The average Bonchev–Trinajstić information content (AvgIpc) is 3.22. The van der Waals surface area contributed by atoms with E-state index in [-0.39, 0.29) is 19.1 Å². The van der Waals surface area contributed by atoms with Crippen LogP contribution in [0.3, 0.4) is 0 Å². The summed E-state index contributed by atoms with van der Waals surface area (Å²) in [6.07, 6.45) is 4.95. The summed E-state index contributed by atoms with van der Waals surface area (Å²) in [5.74, 6) is 1.05. The van der Waals surface area contributed by atoms with Crippen molar-refractivity contribution in [2.24, 2.45) is 7.05 Å². The van der Waals surface area contributed by atoms with Crippen molar-refractivity contribution in [3.8, 4) is 11.5 Å². The van der Waals surface area contributed by atoms with E-state index in [0.717, 1.165) is 0 Å². The second kappa shape index (κ2) is 7.47. The number of para-hydroxylation sites is 2. The molecule has 0 aliphatic rings. The lowest BCUT2D eigenvalue weighted by atomic mass is 10.3. The van der Waals surface area contributed by atoms with Crippen molar-refractivity contribution in [1.29, 1.82) is 0 Å². The summed E-state index contributed by atoms with van der Waals surface area (Å²) in [6.45, 7) is 0.279. The minimum atomic E-state index is -0.213. The first kappa shape index (κ1) is 16.5. The third-order valence-corrected chi connectivity index (χ3v) is 3.32. The molecule has 1 aromatic carbocycles. The number of rotatable bonds is 7. The Morgan fingerprint density at radius 2 is 2.04 bits per heavy atom. The van der Waals surface area contributed by atoms with E-state index in [1.54, 1.807) is 37.4 Å². The molecule has 25 heavy (non-hydrogen) atoms. The second-order valence-corrected chi connectivity index (χ2v) is 5.30. The first-order valence-electron chi connectivity index (χ1n) is 7.57. The van der Waals surface area contributed by atoms with E-state index >= 15 is 0 Å². The molecule has 9 nitrogen and oxygen atoms in total. The summed E-state index contributed by atoms with van der Waals surface area (Å²) in [7, 11) is 3.36. The minimum Gasteiger partial charge on any atom is -0.493 e. The molecule has 0 spiro atoms. The maximum absolute atomic E-state index is 12.0. The number of amides is 1. The van der Waals surface area contributed by atoms with Gasteiger partial charge in [0.05, 0.1) is 25.2 Å². The fourth-order valence-electron chi connectivity index (χ4n) is 2.21. The Labute approximate surface area is 144 Å². The monoisotopic (exact) mass is 342 g/mol. The van der Waals surface area contributed by atoms with Gasteiger partial charge >= 0.3 is 0 Å². The molecule has 2 heterocycles. The summed E-state index contributed by atoms with van der Waals surface area (Å²) in [5.41, 5.74) is 1.24. The van der Waals surface area contributed by atoms with Crippen LogP contribution in [-0.2, 0) is 25.0 Å². The number of benzene rings is 1. The van der Waals surface area contributed by atoms with Crippen LogP contribution in [0, 0.1) is 0 Å². The highest BCUT2D eigenvalue weighted by molar-refractivity contribution is 5.90.